The van der Waals surface area contributed by atoms with Gasteiger partial charge in [-0.1, -0.05) is 19.1 Å². The topological polar surface area (TPSA) is 29.1 Å². The highest BCUT2D eigenvalue weighted by molar-refractivity contribution is 5.97. The van der Waals surface area contributed by atoms with Crippen molar-refractivity contribution in [1.82, 2.24) is 0 Å². The molecule has 92 valence electrons. The maximum absolute atomic E-state index is 11.6. The van der Waals surface area contributed by atoms with E-state index in [0.717, 1.165) is 17.5 Å². The Morgan fingerprint density at radius 1 is 1.41 bits per heavy atom. The van der Waals surface area contributed by atoms with Crippen LogP contribution in [0.5, 0.6) is 0 Å². The van der Waals surface area contributed by atoms with Crippen LogP contribution in [0, 0.1) is 6.92 Å². The lowest BCUT2D eigenvalue weighted by Crippen LogP contribution is -2.37. The van der Waals surface area contributed by atoms with Crippen LogP contribution in [0.1, 0.15) is 61.5 Å². The monoisotopic (exact) mass is 231 g/mol. The van der Waals surface area contributed by atoms with Crippen LogP contribution in [0.25, 0.3) is 0 Å². The molecule has 2 nitrogen and oxygen atoms in total. The second kappa shape index (κ2) is 3.86. The number of ketones is 1. The number of fused-ring (bicyclic) bond motifs is 1. The molecule has 0 radical (unpaired) electrons. The molecular formula is C15H21NO. The van der Waals surface area contributed by atoms with Gasteiger partial charge >= 0.3 is 0 Å². The van der Waals surface area contributed by atoms with Gasteiger partial charge in [0.25, 0.3) is 0 Å². The van der Waals surface area contributed by atoms with E-state index >= 15 is 0 Å². The van der Waals surface area contributed by atoms with Crippen LogP contribution < -0.4 is 5.32 Å². The minimum absolute atomic E-state index is 0.104. The molecular weight excluding hydrogens is 210 g/mol. The number of Topliss-reactive ketones (excluding diaryl/α,β-unsaturated/α-hetero) is 1. The third-order valence-corrected chi connectivity index (χ3v) is 3.69. The molecule has 2 heteroatoms. The number of carbonyl (C=O) groups is 1. The van der Waals surface area contributed by atoms with E-state index in [1.165, 1.54) is 11.3 Å². The fourth-order valence-corrected chi connectivity index (χ4v) is 2.96. The van der Waals surface area contributed by atoms with Crippen molar-refractivity contribution in [3.05, 3.63) is 28.8 Å². The lowest BCUT2D eigenvalue weighted by molar-refractivity contribution is 0.101. The van der Waals surface area contributed by atoms with Crippen LogP contribution in [0.4, 0.5) is 5.69 Å². The lowest BCUT2D eigenvalue weighted by Gasteiger charge is -2.38. The highest BCUT2D eigenvalue weighted by Gasteiger charge is 2.30. The minimum atomic E-state index is 0.104. The first-order valence-corrected chi connectivity index (χ1v) is 6.24. The van der Waals surface area contributed by atoms with Crippen molar-refractivity contribution in [2.24, 2.45) is 0 Å². The summed E-state index contributed by atoms with van der Waals surface area (Å²) in [5.41, 5.74) is 4.54. The summed E-state index contributed by atoms with van der Waals surface area (Å²) in [5, 5.41) is 3.58. The van der Waals surface area contributed by atoms with E-state index in [0.29, 0.717) is 5.92 Å². The van der Waals surface area contributed by atoms with E-state index in [-0.39, 0.29) is 11.3 Å². The fraction of sp³-hybridized carbons (Fsp3) is 0.533. The van der Waals surface area contributed by atoms with E-state index in [4.69, 9.17) is 0 Å². The Balaban J connectivity index is 2.58. The first-order chi connectivity index (χ1) is 7.82. The van der Waals surface area contributed by atoms with Crippen molar-refractivity contribution in [2.75, 3.05) is 5.32 Å². The average molecular weight is 231 g/mol. The summed E-state index contributed by atoms with van der Waals surface area (Å²) in [6, 6.07) is 4.07. The Bertz CT molecular complexity index is 474. The summed E-state index contributed by atoms with van der Waals surface area (Å²) in [6.45, 7) is 10.4. The van der Waals surface area contributed by atoms with Gasteiger partial charge in [-0.2, -0.15) is 0 Å². The minimum Gasteiger partial charge on any atom is -0.380 e. The van der Waals surface area contributed by atoms with Crippen molar-refractivity contribution in [3.63, 3.8) is 0 Å². The van der Waals surface area contributed by atoms with Gasteiger partial charge in [0.1, 0.15) is 0 Å². The van der Waals surface area contributed by atoms with Crippen LogP contribution >= 0.6 is 0 Å². The van der Waals surface area contributed by atoms with Crippen LogP contribution in [-0.2, 0) is 0 Å². The Morgan fingerprint density at radius 2 is 2.06 bits per heavy atom. The standard InChI is InChI=1S/C15H21NO/c1-9-8-15(4,5)16-14-10(2)13(11(3)17)7-6-12(9)14/h6-7,9,16H,8H2,1-5H3/t9-/m0/s1. The van der Waals surface area contributed by atoms with Crippen molar-refractivity contribution in [1.29, 1.82) is 0 Å². The van der Waals surface area contributed by atoms with E-state index in [1.54, 1.807) is 6.92 Å². The molecule has 1 aliphatic rings. The quantitative estimate of drug-likeness (QED) is 0.743. The highest BCUT2D eigenvalue weighted by atomic mass is 16.1. The molecule has 0 saturated carbocycles. The number of rotatable bonds is 1. The SMILES string of the molecule is CC(=O)c1ccc2c(c1C)NC(C)(C)C[C@@H]2C. The van der Waals surface area contributed by atoms with Gasteiger partial charge in [0.05, 0.1) is 0 Å². The number of anilines is 1. The zero-order valence-electron chi connectivity index (χ0n) is 11.3. The maximum atomic E-state index is 11.6. The molecule has 1 aliphatic heterocycles. The zero-order chi connectivity index (χ0) is 12.8. The number of nitrogens with one attached hydrogen (secondary N) is 1. The van der Waals surface area contributed by atoms with Gasteiger partial charge in [-0.25, -0.2) is 0 Å². The summed E-state index contributed by atoms with van der Waals surface area (Å²) in [4.78, 5) is 11.6. The molecule has 2 rings (SSSR count). The number of hydrogen-bond acceptors (Lipinski definition) is 2. The smallest absolute Gasteiger partial charge is 0.160 e. The van der Waals surface area contributed by atoms with Gasteiger partial charge in [0, 0.05) is 16.8 Å². The number of benzene rings is 1. The number of carbonyl (C=O) groups excluding carboxylic acids is 1. The Labute approximate surface area is 103 Å². The molecule has 0 amide bonds. The summed E-state index contributed by atoms with van der Waals surface area (Å²) in [7, 11) is 0. The largest absolute Gasteiger partial charge is 0.380 e. The molecule has 17 heavy (non-hydrogen) atoms. The average Bonchev–Trinajstić information content (AvgIpc) is 2.17. The highest BCUT2D eigenvalue weighted by Crippen LogP contribution is 2.41. The van der Waals surface area contributed by atoms with E-state index in [2.05, 4.69) is 32.2 Å². The maximum Gasteiger partial charge on any atom is 0.160 e. The molecule has 1 heterocycles. The van der Waals surface area contributed by atoms with Gasteiger partial charge in [0.15, 0.2) is 5.78 Å². The molecule has 0 aromatic heterocycles. The molecule has 1 aromatic rings. The van der Waals surface area contributed by atoms with Crippen LogP contribution in [0.3, 0.4) is 0 Å². The van der Waals surface area contributed by atoms with E-state index < -0.39 is 0 Å². The molecule has 0 fully saturated rings. The third kappa shape index (κ3) is 2.08. The second-order valence-electron chi connectivity index (χ2n) is 5.87. The summed E-state index contributed by atoms with van der Waals surface area (Å²) >= 11 is 0. The van der Waals surface area contributed by atoms with Crippen LogP contribution in [0.2, 0.25) is 0 Å². The van der Waals surface area contributed by atoms with E-state index in [9.17, 15) is 4.79 Å². The lowest BCUT2D eigenvalue weighted by atomic mass is 9.80. The predicted molar refractivity (Wildman–Crippen MR) is 71.9 cm³/mol. The third-order valence-electron chi connectivity index (χ3n) is 3.69. The molecule has 0 bridgehead atoms. The van der Waals surface area contributed by atoms with Crippen molar-refractivity contribution in [3.8, 4) is 0 Å². The van der Waals surface area contributed by atoms with Crippen molar-refractivity contribution < 1.29 is 4.79 Å². The molecule has 0 saturated heterocycles. The molecule has 0 spiro atoms. The summed E-state index contributed by atoms with van der Waals surface area (Å²) in [6.07, 6.45) is 1.12. The first-order valence-electron chi connectivity index (χ1n) is 6.24. The summed E-state index contributed by atoms with van der Waals surface area (Å²) < 4.78 is 0. The predicted octanol–water partition coefficient (Wildman–Crippen LogP) is 3.90. The van der Waals surface area contributed by atoms with Gasteiger partial charge in [0.2, 0.25) is 0 Å². The normalized spacial score (nSPS) is 21.6. The van der Waals surface area contributed by atoms with Gasteiger partial charge < -0.3 is 5.32 Å². The molecule has 0 aliphatic carbocycles. The second-order valence-corrected chi connectivity index (χ2v) is 5.87. The first kappa shape index (κ1) is 12.2. The molecule has 1 atom stereocenters. The molecule has 1 aromatic carbocycles. The van der Waals surface area contributed by atoms with Crippen LogP contribution in [0.15, 0.2) is 12.1 Å². The number of hydrogen-bond donors (Lipinski definition) is 1. The van der Waals surface area contributed by atoms with Gasteiger partial charge in [-0.05, 0) is 51.2 Å². The Hall–Kier alpha value is -1.31. The Kier molecular flexibility index (Phi) is 2.76. The zero-order valence-corrected chi connectivity index (χ0v) is 11.3. The van der Waals surface area contributed by atoms with Crippen molar-refractivity contribution in [2.45, 2.75) is 52.5 Å². The molecule has 0 unspecified atom stereocenters. The van der Waals surface area contributed by atoms with E-state index in [1.807, 2.05) is 13.0 Å². The summed E-state index contributed by atoms with van der Waals surface area (Å²) in [5.74, 6) is 0.684. The molecule has 1 N–H and O–H groups in total. The Morgan fingerprint density at radius 3 is 2.65 bits per heavy atom. The van der Waals surface area contributed by atoms with Gasteiger partial charge in [-0.15, -0.1) is 0 Å². The van der Waals surface area contributed by atoms with Crippen LogP contribution in [-0.4, -0.2) is 11.3 Å². The van der Waals surface area contributed by atoms with Gasteiger partial charge in [-0.3, -0.25) is 4.79 Å². The van der Waals surface area contributed by atoms with Crippen molar-refractivity contribution >= 4 is 11.5 Å². The fourth-order valence-electron chi connectivity index (χ4n) is 2.96.